The molecule has 0 aliphatic rings. The van der Waals surface area contributed by atoms with E-state index >= 15 is 0 Å². The minimum absolute atomic E-state index is 0.0184. The van der Waals surface area contributed by atoms with Gasteiger partial charge in [-0.15, -0.1) is 0 Å². The molecule has 0 radical (unpaired) electrons. The Morgan fingerprint density at radius 1 is 0.750 bits per heavy atom. The Bertz CT molecular complexity index is 1100. The fraction of sp³-hybridized carbons (Fsp3) is 0.0435. The van der Waals surface area contributed by atoms with Crippen LogP contribution in [0.1, 0.15) is 5.56 Å². The van der Waals surface area contributed by atoms with Crippen LogP contribution in [-0.4, -0.2) is 18.4 Å². The molecule has 0 aliphatic carbocycles. The van der Waals surface area contributed by atoms with E-state index in [1.54, 1.807) is 0 Å². The third-order valence-electron chi connectivity index (χ3n) is 4.17. The molecule has 5 nitrogen and oxygen atoms in total. The summed E-state index contributed by atoms with van der Waals surface area (Å²) >= 11 is 0. The Kier molecular flexibility index (Phi) is 7.22. The topological polar surface area (TPSA) is 67.4 Å². The normalized spacial score (nSPS) is 10.4. The molecular weight excluding hydrogens is 428 g/mol. The highest BCUT2D eigenvalue weighted by atomic mass is 19.3. The van der Waals surface area contributed by atoms with Gasteiger partial charge in [0, 0.05) is 5.56 Å². The lowest BCUT2D eigenvalue weighted by Crippen LogP contribution is -2.26. The smallest absolute Gasteiger partial charge is 0.387 e. The van der Waals surface area contributed by atoms with Gasteiger partial charge in [-0.2, -0.15) is 8.78 Å². The van der Waals surface area contributed by atoms with Gasteiger partial charge >= 0.3 is 6.61 Å². The van der Waals surface area contributed by atoms with E-state index in [1.165, 1.54) is 60.7 Å². The average Bonchev–Trinajstić information content (AvgIpc) is 2.75. The molecule has 3 rings (SSSR count). The van der Waals surface area contributed by atoms with Crippen molar-refractivity contribution in [1.82, 2.24) is 0 Å². The highest BCUT2D eigenvalue weighted by Crippen LogP contribution is 2.24. The number of para-hydroxylation sites is 3. The number of hydrogen-bond donors (Lipinski definition) is 2. The van der Waals surface area contributed by atoms with Crippen molar-refractivity contribution in [2.24, 2.45) is 0 Å². The van der Waals surface area contributed by atoms with Gasteiger partial charge < -0.3 is 15.4 Å². The maximum atomic E-state index is 14.0. The van der Waals surface area contributed by atoms with E-state index in [2.05, 4.69) is 15.4 Å². The molecular formula is C23H16F4N2O3. The van der Waals surface area contributed by atoms with E-state index in [0.29, 0.717) is 0 Å². The monoisotopic (exact) mass is 444 g/mol. The summed E-state index contributed by atoms with van der Waals surface area (Å²) in [6.07, 6.45) is 0.990. The second-order valence-electron chi connectivity index (χ2n) is 6.34. The molecule has 3 aromatic rings. The van der Waals surface area contributed by atoms with E-state index in [1.807, 2.05) is 0 Å². The fourth-order valence-electron chi connectivity index (χ4n) is 2.70. The first-order valence-corrected chi connectivity index (χ1v) is 9.22. The van der Waals surface area contributed by atoms with Crippen molar-refractivity contribution < 1.29 is 31.9 Å². The van der Waals surface area contributed by atoms with E-state index in [-0.39, 0.29) is 22.7 Å². The van der Waals surface area contributed by atoms with Crippen LogP contribution < -0.4 is 15.4 Å². The second kappa shape index (κ2) is 10.3. The van der Waals surface area contributed by atoms with Gasteiger partial charge in [-0.1, -0.05) is 42.5 Å². The third kappa shape index (κ3) is 5.72. The molecule has 2 N–H and O–H groups in total. The number of amides is 2. The number of carbonyl (C=O) groups is 2. The van der Waals surface area contributed by atoms with Crippen LogP contribution in [0.4, 0.5) is 28.9 Å². The van der Waals surface area contributed by atoms with Gasteiger partial charge in [0.05, 0.1) is 11.4 Å². The molecule has 9 heteroatoms. The van der Waals surface area contributed by atoms with Crippen molar-refractivity contribution in [3.8, 4) is 5.75 Å². The SMILES string of the molecule is O=C(Nc1ccccc1F)C(=Cc1ccccc1OC(F)F)C(=O)Nc1ccccc1F. The molecule has 0 fully saturated rings. The van der Waals surface area contributed by atoms with Gasteiger partial charge in [-0.3, -0.25) is 9.59 Å². The molecule has 0 heterocycles. The molecule has 3 aromatic carbocycles. The van der Waals surface area contributed by atoms with E-state index < -0.39 is 35.6 Å². The molecule has 0 spiro atoms. The largest absolute Gasteiger partial charge is 0.434 e. The first-order valence-electron chi connectivity index (χ1n) is 9.22. The van der Waals surface area contributed by atoms with E-state index in [9.17, 15) is 27.2 Å². The predicted octanol–water partition coefficient (Wildman–Crippen LogP) is 5.23. The van der Waals surface area contributed by atoms with E-state index in [4.69, 9.17) is 0 Å². The number of hydrogen-bond acceptors (Lipinski definition) is 3. The third-order valence-corrected chi connectivity index (χ3v) is 4.17. The molecule has 32 heavy (non-hydrogen) atoms. The van der Waals surface area contributed by atoms with Crippen LogP contribution in [0.3, 0.4) is 0 Å². The van der Waals surface area contributed by atoms with Crippen molar-refractivity contribution in [3.63, 3.8) is 0 Å². The summed E-state index contributed by atoms with van der Waals surface area (Å²) in [7, 11) is 0. The lowest BCUT2D eigenvalue weighted by atomic mass is 10.1. The maximum absolute atomic E-state index is 14.0. The molecule has 0 aliphatic heterocycles. The van der Waals surface area contributed by atoms with Gasteiger partial charge in [-0.05, 0) is 36.4 Å². The second-order valence-corrected chi connectivity index (χ2v) is 6.34. The standard InChI is InChI=1S/C23H16F4N2O3/c24-16-8-2-4-10-18(16)28-21(30)15(22(31)29-19-11-5-3-9-17(19)25)13-14-7-1-6-12-20(14)32-23(26)27/h1-13,23H,(H,28,30)(H,29,31). The molecule has 0 saturated carbocycles. The minimum atomic E-state index is -3.15. The molecule has 0 unspecified atom stereocenters. The van der Waals surface area contributed by atoms with Gasteiger partial charge in [0.15, 0.2) is 0 Å². The summed E-state index contributed by atoms with van der Waals surface area (Å²) in [5.74, 6) is -3.89. The minimum Gasteiger partial charge on any atom is -0.434 e. The zero-order valence-corrected chi connectivity index (χ0v) is 16.3. The lowest BCUT2D eigenvalue weighted by Gasteiger charge is -2.13. The van der Waals surface area contributed by atoms with E-state index in [0.717, 1.165) is 18.2 Å². The Morgan fingerprint density at radius 3 is 1.72 bits per heavy atom. The molecule has 2 amide bonds. The first kappa shape index (κ1) is 22.5. The fourth-order valence-corrected chi connectivity index (χ4v) is 2.70. The van der Waals surface area contributed by atoms with Crippen molar-refractivity contribution in [3.05, 3.63) is 95.6 Å². The average molecular weight is 444 g/mol. The van der Waals surface area contributed by atoms with Crippen LogP contribution in [-0.2, 0) is 9.59 Å². The summed E-state index contributed by atoms with van der Waals surface area (Å²) in [6.45, 7) is -3.15. The number of carbonyl (C=O) groups excluding carboxylic acids is 2. The van der Waals surface area contributed by atoms with Crippen molar-refractivity contribution in [2.75, 3.05) is 10.6 Å². The summed E-state index contributed by atoms with van der Waals surface area (Å²) in [5, 5.41) is 4.49. The van der Waals surface area contributed by atoms with Crippen molar-refractivity contribution >= 4 is 29.3 Å². The summed E-state index contributed by atoms with van der Waals surface area (Å²) < 4.78 is 57.8. The molecule has 164 valence electrons. The number of ether oxygens (including phenoxy) is 1. The highest BCUT2D eigenvalue weighted by Gasteiger charge is 2.22. The Hall–Kier alpha value is -4.14. The maximum Gasteiger partial charge on any atom is 0.387 e. The number of halogens is 4. The van der Waals surface area contributed by atoms with Crippen LogP contribution in [0.5, 0.6) is 5.75 Å². The van der Waals surface area contributed by atoms with Crippen LogP contribution in [0, 0.1) is 11.6 Å². The number of nitrogens with one attached hydrogen (secondary N) is 2. The predicted molar refractivity (Wildman–Crippen MR) is 111 cm³/mol. The summed E-state index contributed by atoms with van der Waals surface area (Å²) in [6, 6.07) is 16.0. The van der Waals surface area contributed by atoms with Crippen LogP contribution in [0.2, 0.25) is 0 Å². The number of benzene rings is 3. The Balaban J connectivity index is 2.00. The number of alkyl halides is 2. The van der Waals surface area contributed by atoms with Crippen LogP contribution in [0.25, 0.3) is 6.08 Å². The molecule has 0 aromatic heterocycles. The number of rotatable bonds is 7. The van der Waals surface area contributed by atoms with Crippen molar-refractivity contribution in [1.29, 1.82) is 0 Å². The first-order chi connectivity index (χ1) is 15.3. The number of anilines is 2. The van der Waals surface area contributed by atoms with Crippen molar-refractivity contribution in [2.45, 2.75) is 6.61 Å². The summed E-state index contributed by atoms with van der Waals surface area (Å²) in [4.78, 5) is 25.7. The molecule has 0 saturated heterocycles. The lowest BCUT2D eigenvalue weighted by molar-refractivity contribution is -0.118. The van der Waals surface area contributed by atoms with Gasteiger partial charge in [-0.25, -0.2) is 8.78 Å². The zero-order valence-electron chi connectivity index (χ0n) is 16.3. The van der Waals surface area contributed by atoms with Gasteiger partial charge in [0.25, 0.3) is 11.8 Å². The van der Waals surface area contributed by atoms with Crippen LogP contribution >= 0.6 is 0 Å². The summed E-state index contributed by atoms with van der Waals surface area (Å²) in [5.41, 5.74) is -1.03. The molecule has 0 atom stereocenters. The Labute approximate surface area is 180 Å². The van der Waals surface area contributed by atoms with Crippen LogP contribution in [0.15, 0.2) is 78.4 Å². The zero-order chi connectivity index (χ0) is 23.1. The quantitative estimate of drug-likeness (QED) is 0.227. The molecule has 0 bridgehead atoms. The van der Waals surface area contributed by atoms with Gasteiger partial charge in [0.2, 0.25) is 0 Å². The highest BCUT2D eigenvalue weighted by molar-refractivity contribution is 6.29. The van der Waals surface area contributed by atoms with Gasteiger partial charge in [0.1, 0.15) is 23.0 Å². The Morgan fingerprint density at radius 2 is 1.22 bits per heavy atom.